The highest BCUT2D eigenvalue weighted by molar-refractivity contribution is 9.10. The number of nitrogens with one attached hydrogen (secondary N) is 2. The Morgan fingerprint density at radius 3 is 2.76 bits per heavy atom. The molecule has 4 aromatic rings. The molecule has 0 atom stereocenters. The van der Waals surface area contributed by atoms with E-state index in [1.165, 1.54) is 24.0 Å². The average molecular weight is 502 g/mol. The Morgan fingerprint density at radius 2 is 1.85 bits per heavy atom. The molecule has 1 aliphatic heterocycles. The first kappa shape index (κ1) is 21.7. The Bertz CT molecular complexity index is 1300. The molecule has 1 saturated heterocycles. The van der Waals surface area contributed by atoms with E-state index in [1.54, 1.807) is 0 Å². The SMILES string of the molecule is CN1CCCN(c2ccc(C=Cc3cc(C=Cc4ccc5cc[nH]c5c4)[nH]n3)c(Br)c2)CC1. The second-order valence-corrected chi connectivity index (χ2v) is 9.44. The largest absolute Gasteiger partial charge is 0.370 e. The van der Waals surface area contributed by atoms with Crippen molar-refractivity contribution in [1.29, 1.82) is 0 Å². The van der Waals surface area contributed by atoms with Gasteiger partial charge in [0, 0.05) is 41.5 Å². The minimum absolute atomic E-state index is 0.904. The molecule has 3 heterocycles. The lowest BCUT2D eigenvalue weighted by atomic mass is 10.1. The molecular weight excluding hydrogens is 474 g/mol. The normalized spacial score (nSPS) is 15.8. The van der Waals surface area contributed by atoms with Gasteiger partial charge in [0.15, 0.2) is 0 Å². The van der Waals surface area contributed by atoms with Gasteiger partial charge >= 0.3 is 0 Å². The van der Waals surface area contributed by atoms with Gasteiger partial charge in [0.1, 0.15) is 0 Å². The Kier molecular flexibility index (Phi) is 6.46. The zero-order valence-electron chi connectivity index (χ0n) is 18.8. The van der Waals surface area contributed by atoms with Crippen molar-refractivity contribution in [3.8, 4) is 0 Å². The monoisotopic (exact) mass is 501 g/mol. The van der Waals surface area contributed by atoms with E-state index in [2.05, 4.69) is 115 Å². The number of halogens is 1. The van der Waals surface area contributed by atoms with E-state index in [1.807, 2.05) is 12.3 Å². The maximum absolute atomic E-state index is 4.43. The number of rotatable bonds is 5. The third-order valence-corrected chi connectivity index (χ3v) is 6.84. The van der Waals surface area contributed by atoms with Gasteiger partial charge in [0.05, 0.1) is 11.4 Å². The zero-order chi connectivity index (χ0) is 22.6. The summed E-state index contributed by atoms with van der Waals surface area (Å²) in [7, 11) is 2.20. The number of nitrogens with zero attached hydrogens (tertiary/aromatic N) is 3. The quantitative estimate of drug-likeness (QED) is 0.345. The molecule has 1 fully saturated rings. The summed E-state index contributed by atoms with van der Waals surface area (Å²) in [5.74, 6) is 0. The minimum Gasteiger partial charge on any atom is -0.370 e. The van der Waals surface area contributed by atoms with Crippen LogP contribution in [0.15, 0.2) is 59.2 Å². The molecular formula is C27H28BrN5. The first-order valence-electron chi connectivity index (χ1n) is 11.4. The van der Waals surface area contributed by atoms with Crippen LogP contribution in [-0.4, -0.2) is 53.3 Å². The number of aromatic nitrogens is 3. The minimum atomic E-state index is 0.904. The smallest absolute Gasteiger partial charge is 0.0854 e. The van der Waals surface area contributed by atoms with Gasteiger partial charge in [-0.3, -0.25) is 5.10 Å². The van der Waals surface area contributed by atoms with Gasteiger partial charge in [-0.25, -0.2) is 0 Å². The number of aromatic amines is 2. The molecule has 5 nitrogen and oxygen atoms in total. The fourth-order valence-corrected chi connectivity index (χ4v) is 4.71. The van der Waals surface area contributed by atoms with Crippen molar-refractivity contribution in [2.24, 2.45) is 0 Å². The van der Waals surface area contributed by atoms with Gasteiger partial charge < -0.3 is 14.8 Å². The molecule has 0 amide bonds. The maximum Gasteiger partial charge on any atom is 0.0854 e. The van der Waals surface area contributed by atoms with Crippen LogP contribution in [0.1, 0.15) is 28.9 Å². The summed E-state index contributed by atoms with van der Waals surface area (Å²) in [6.45, 7) is 4.45. The Morgan fingerprint density at radius 1 is 0.909 bits per heavy atom. The van der Waals surface area contributed by atoms with Crippen LogP contribution in [0.5, 0.6) is 0 Å². The third-order valence-electron chi connectivity index (χ3n) is 6.15. The van der Waals surface area contributed by atoms with E-state index in [4.69, 9.17) is 0 Å². The molecule has 2 aromatic heterocycles. The molecule has 168 valence electrons. The highest BCUT2D eigenvalue weighted by atomic mass is 79.9. The number of fused-ring (bicyclic) bond motifs is 1. The Labute approximate surface area is 202 Å². The second-order valence-electron chi connectivity index (χ2n) is 8.59. The summed E-state index contributed by atoms with van der Waals surface area (Å²) in [4.78, 5) is 8.13. The fourth-order valence-electron chi connectivity index (χ4n) is 4.21. The van der Waals surface area contributed by atoms with Crippen LogP contribution in [0.4, 0.5) is 5.69 Å². The summed E-state index contributed by atoms with van der Waals surface area (Å²) in [6.07, 6.45) is 11.5. The van der Waals surface area contributed by atoms with Crippen LogP contribution in [-0.2, 0) is 0 Å². The number of benzene rings is 2. The van der Waals surface area contributed by atoms with E-state index in [9.17, 15) is 0 Å². The highest BCUT2D eigenvalue weighted by Crippen LogP contribution is 2.26. The van der Waals surface area contributed by atoms with E-state index in [0.717, 1.165) is 52.1 Å². The summed E-state index contributed by atoms with van der Waals surface area (Å²) >= 11 is 3.76. The highest BCUT2D eigenvalue weighted by Gasteiger charge is 2.13. The fraction of sp³-hybridized carbons (Fsp3) is 0.222. The van der Waals surface area contributed by atoms with Crippen molar-refractivity contribution >= 4 is 56.8 Å². The van der Waals surface area contributed by atoms with Crippen molar-refractivity contribution < 1.29 is 0 Å². The summed E-state index contributed by atoms with van der Waals surface area (Å²) < 4.78 is 1.10. The van der Waals surface area contributed by atoms with Gasteiger partial charge in [0.25, 0.3) is 0 Å². The van der Waals surface area contributed by atoms with Crippen LogP contribution < -0.4 is 4.90 Å². The third kappa shape index (κ3) is 5.29. The van der Waals surface area contributed by atoms with E-state index in [-0.39, 0.29) is 0 Å². The first-order chi connectivity index (χ1) is 16.1. The number of hydrogen-bond acceptors (Lipinski definition) is 3. The van der Waals surface area contributed by atoms with Gasteiger partial charge in [-0.1, -0.05) is 46.3 Å². The molecule has 1 aliphatic rings. The summed E-state index contributed by atoms with van der Waals surface area (Å²) in [5.41, 5.74) is 6.59. The van der Waals surface area contributed by atoms with Crippen LogP contribution in [0.25, 0.3) is 35.2 Å². The molecule has 0 radical (unpaired) electrons. The summed E-state index contributed by atoms with van der Waals surface area (Å²) in [6, 6.07) is 17.1. The topological polar surface area (TPSA) is 51.0 Å². The van der Waals surface area contributed by atoms with Crippen molar-refractivity contribution in [1.82, 2.24) is 20.1 Å². The van der Waals surface area contributed by atoms with Crippen molar-refractivity contribution in [2.45, 2.75) is 6.42 Å². The standard InChI is InChI=1S/C27H28BrN5/c1-32-13-2-14-33(16-15-32)25-10-7-21(26(28)19-25)6-9-24-18-23(30-31-24)8-4-20-3-5-22-11-12-29-27(22)17-20/h3-12,17-19,29H,2,13-16H2,1H3,(H,30,31). The van der Waals surface area contributed by atoms with Gasteiger partial charge in [0.2, 0.25) is 0 Å². The molecule has 2 aromatic carbocycles. The lowest BCUT2D eigenvalue weighted by Crippen LogP contribution is -2.28. The average Bonchev–Trinajstić information content (AvgIpc) is 3.42. The van der Waals surface area contributed by atoms with E-state index in [0.29, 0.717) is 0 Å². The van der Waals surface area contributed by atoms with Crippen molar-refractivity contribution in [3.05, 3.63) is 81.7 Å². The van der Waals surface area contributed by atoms with E-state index < -0.39 is 0 Å². The zero-order valence-corrected chi connectivity index (χ0v) is 20.3. The van der Waals surface area contributed by atoms with Crippen LogP contribution in [0, 0.1) is 0 Å². The molecule has 5 rings (SSSR count). The molecule has 0 bridgehead atoms. The second kappa shape index (κ2) is 9.81. The number of likely N-dealkylation sites (N-methyl/N-ethyl adjacent to an activating group) is 1. The molecule has 2 N–H and O–H groups in total. The predicted molar refractivity (Wildman–Crippen MR) is 143 cm³/mol. The van der Waals surface area contributed by atoms with Crippen LogP contribution in [0.2, 0.25) is 0 Å². The number of anilines is 1. The Balaban J connectivity index is 1.25. The summed E-state index contributed by atoms with van der Waals surface area (Å²) in [5, 5.41) is 8.75. The van der Waals surface area contributed by atoms with Crippen LogP contribution >= 0.6 is 15.9 Å². The van der Waals surface area contributed by atoms with Gasteiger partial charge in [-0.15, -0.1) is 0 Å². The lowest BCUT2D eigenvalue weighted by molar-refractivity contribution is 0.360. The van der Waals surface area contributed by atoms with Crippen LogP contribution in [0.3, 0.4) is 0 Å². The number of hydrogen-bond donors (Lipinski definition) is 2. The molecule has 0 spiro atoms. The maximum atomic E-state index is 4.43. The van der Waals surface area contributed by atoms with Crippen molar-refractivity contribution in [2.75, 3.05) is 38.1 Å². The lowest BCUT2D eigenvalue weighted by Gasteiger charge is -2.23. The Hall–Kier alpha value is -3.09. The number of H-pyrrole nitrogens is 2. The molecule has 0 aliphatic carbocycles. The molecule has 33 heavy (non-hydrogen) atoms. The van der Waals surface area contributed by atoms with Gasteiger partial charge in [-0.05, 0) is 79.0 Å². The molecule has 6 heteroatoms. The molecule has 0 saturated carbocycles. The predicted octanol–water partition coefficient (Wildman–Crippen LogP) is 6.14. The first-order valence-corrected chi connectivity index (χ1v) is 12.2. The van der Waals surface area contributed by atoms with Crippen molar-refractivity contribution in [3.63, 3.8) is 0 Å². The van der Waals surface area contributed by atoms with Gasteiger partial charge in [-0.2, -0.15) is 5.10 Å². The molecule has 0 unspecified atom stereocenters. The van der Waals surface area contributed by atoms with E-state index >= 15 is 0 Å².